The standard InChI is InChI=1S/C24H26N4O5/c1-33-14-4-11-28-23(31)18-7-6-16(15-19(18)24(28)32)22(30)27-12-8-17(9-13-27)26-21(29)20-5-2-3-10-25-20/h2-3,5-7,10,15,17H,4,8-9,11-14H2,1H3,(H,26,29). The lowest BCUT2D eigenvalue weighted by molar-refractivity contribution is 0.0636. The van der Waals surface area contributed by atoms with E-state index in [9.17, 15) is 19.2 Å². The second kappa shape index (κ2) is 9.91. The van der Waals surface area contributed by atoms with Crippen molar-refractivity contribution in [3.63, 3.8) is 0 Å². The van der Waals surface area contributed by atoms with Crippen LogP contribution in [0.5, 0.6) is 0 Å². The Bertz CT molecular complexity index is 1060. The smallest absolute Gasteiger partial charge is 0.270 e. The molecule has 4 rings (SSSR count). The molecule has 0 spiro atoms. The molecule has 3 heterocycles. The van der Waals surface area contributed by atoms with Gasteiger partial charge in [0.05, 0.1) is 11.1 Å². The fraction of sp³-hybridized carbons (Fsp3) is 0.375. The monoisotopic (exact) mass is 450 g/mol. The molecule has 0 aliphatic carbocycles. The molecule has 1 aromatic carbocycles. The van der Waals surface area contributed by atoms with Crippen LogP contribution in [0, 0.1) is 0 Å². The van der Waals surface area contributed by atoms with Gasteiger partial charge in [-0.25, -0.2) is 0 Å². The van der Waals surface area contributed by atoms with Gasteiger partial charge in [-0.05, 0) is 49.6 Å². The Morgan fingerprint density at radius 3 is 2.55 bits per heavy atom. The lowest BCUT2D eigenvalue weighted by Crippen LogP contribution is -2.46. The number of piperidine rings is 1. The van der Waals surface area contributed by atoms with Crippen molar-refractivity contribution in [1.29, 1.82) is 0 Å². The summed E-state index contributed by atoms with van der Waals surface area (Å²) in [5, 5.41) is 2.97. The summed E-state index contributed by atoms with van der Waals surface area (Å²) >= 11 is 0. The zero-order chi connectivity index (χ0) is 23.4. The summed E-state index contributed by atoms with van der Waals surface area (Å²) in [4.78, 5) is 57.6. The molecule has 172 valence electrons. The van der Waals surface area contributed by atoms with Crippen LogP contribution in [0.1, 0.15) is 60.8 Å². The maximum atomic E-state index is 13.0. The summed E-state index contributed by atoms with van der Waals surface area (Å²) in [5.41, 5.74) is 1.33. The number of hydrogen-bond acceptors (Lipinski definition) is 6. The number of likely N-dealkylation sites (tertiary alicyclic amines) is 1. The van der Waals surface area contributed by atoms with Gasteiger partial charge in [-0.15, -0.1) is 0 Å². The molecular formula is C24H26N4O5. The normalized spacial score (nSPS) is 16.2. The van der Waals surface area contributed by atoms with Crippen LogP contribution in [-0.2, 0) is 4.74 Å². The Labute approximate surface area is 191 Å². The van der Waals surface area contributed by atoms with Gasteiger partial charge in [0, 0.05) is 51.2 Å². The minimum atomic E-state index is -0.378. The molecule has 9 nitrogen and oxygen atoms in total. The van der Waals surface area contributed by atoms with Crippen LogP contribution >= 0.6 is 0 Å². The van der Waals surface area contributed by atoms with Crippen LogP contribution in [0.2, 0.25) is 0 Å². The SMILES string of the molecule is COCCCN1C(=O)c2ccc(C(=O)N3CCC(NC(=O)c4ccccn4)CC3)cc2C1=O. The summed E-state index contributed by atoms with van der Waals surface area (Å²) in [6.07, 6.45) is 3.38. The van der Waals surface area contributed by atoms with Crippen LogP contribution in [0.25, 0.3) is 0 Å². The highest BCUT2D eigenvalue weighted by Gasteiger charge is 2.36. The Morgan fingerprint density at radius 1 is 1.09 bits per heavy atom. The van der Waals surface area contributed by atoms with E-state index in [4.69, 9.17) is 4.74 Å². The number of fused-ring (bicyclic) bond motifs is 1. The van der Waals surface area contributed by atoms with Crippen molar-refractivity contribution in [2.45, 2.75) is 25.3 Å². The first kappa shape index (κ1) is 22.6. The van der Waals surface area contributed by atoms with Gasteiger partial charge in [0.2, 0.25) is 0 Å². The molecule has 0 bridgehead atoms. The minimum absolute atomic E-state index is 0.0385. The number of amides is 4. The first-order valence-corrected chi connectivity index (χ1v) is 11.0. The van der Waals surface area contributed by atoms with Crippen molar-refractivity contribution in [2.75, 3.05) is 33.4 Å². The summed E-state index contributed by atoms with van der Waals surface area (Å²) in [6, 6.07) is 9.80. The predicted molar refractivity (Wildman–Crippen MR) is 119 cm³/mol. The van der Waals surface area contributed by atoms with Crippen molar-refractivity contribution in [3.05, 3.63) is 65.0 Å². The molecule has 0 unspecified atom stereocenters. The van der Waals surface area contributed by atoms with E-state index in [0.717, 1.165) is 0 Å². The number of nitrogens with zero attached hydrogens (tertiary/aromatic N) is 3. The molecule has 2 aliphatic heterocycles. The van der Waals surface area contributed by atoms with Crippen LogP contribution in [0.15, 0.2) is 42.6 Å². The molecule has 1 fully saturated rings. The molecule has 33 heavy (non-hydrogen) atoms. The number of aromatic nitrogens is 1. The average Bonchev–Trinajstić information content (AvgIpc) is 3.09. The fourth-order valence-electron chi connectivity index (χ4n) is 4.16. The molecule has 0 saturated carbocycles. The van der Waals surface area contributed by atoms with Gasteiger partial charge >= 0.3 is 0 Å². The third kappa shape index (κ3) is 4.78. The minimum Gasteiger partial charge on any atom is -0.385 e. The van der Waals surface area contributed by atoms with E-state index < -0.39 is 0 Å². The maximum Gasteiger partial charge on any atom is 0.270 e. The van der Waals surface area contributed by atoms with Gasteiger partial charge in [0.25, 0.3) is 23.6 Å². The van der Waals surface area contributed by atoms with E-state index in [2.05, 4.69) is 10.3 Å². The van der Waals surface area contributed by atoms with Crippen molar-refractivity contribution in [2.24, 2.45) is 0 Å². The maximum absolute atomic E-state index is 13.0. The molecule has 1 N–H and O–H groups in total. The molecule has 0 atom stereocenters. The number of pyridine rings is 1. The Morgan fingerprint density at radius 2 is 1.85 bits per heavy atom. The first-order chi connectivity index (χ1) is 16.0. The summed E-state index contributed by atoms with van der Waals surface area (Å²) in [6.45, 7) is 1.70. The number of nitrogens with one attached hydrogen (secondary N) is 1. The second-order valence-corrected chi connectivity index (χ2v) is 8.12. The number of hydrogen-bond donors (Lipinski definition) is 1. The quantitative estimate of drug-likeness (QED) is 0.509. The van der Waals surface area contributed by atoms with Gasteiger partial charge in [-0.2, -0.15) is 0 Å². The number of carbonyl (C=O) groups is 4. The topological polar surface area (TPSA) is 109 Å². The lowest BCUT2D eigenvalue weighted by Gasteiger charge is -2.32. The van der Waals surface area contributed by atoms with Crippen LogP contribution in [0.3, 0.4) is 0 Å². The molecule has 1 aromatic heterocycles. The Hall–Kier alpha value is -3.59. The largest absolute Gasteiger partial charge is 0.385 e. The van der Waals surface area contributed by atoms with Gasteiger partial charge in [0.15, 0.2) is 0 Å². The van der Waals surface area contributed by atoms with E-state index in [1.165, 1.54) is 11.0 Å². The molecule has 2 aliphatic rings. The number of carbonyl (C=O) groups excluding carboxylic acids is 4. The molecule has 4 amide bonds. The molecular weight excluding hydrogens is 424 g/mol. The fourth-order valence-corrected chi connectivity index (χ4v) is 4.16. The highest BCUT2D eigenvalue weighted by atomic mass is 16.5. The lowest BCUT2D eigenvalue weighted by atomic mass is 10.0. The number of ether oxygens (including phenoxy) is 1. The van der Waals surface area contributed by atoms with Gasteiger partial charge in [-0.3, -0.25) is 29.1 Å². The number of imide groups is 1. The third-order valence-electron chi connectivity index (χ3n) is 5.96. The van der Waals surface area contributed by atoms with Crippen molar-refractivity contribution in [3.8, 4) is 0 Å². The van der Waals surface area contributed by atoms with E-state index >= 15 is 0 Å². The van der Waals surface area contributed by atoms with Crippen molar-refractivity contribution >= 4 is 23.6 Å². The van der Waals surface area contributed by atoms with E-state index in [1.807, 2.05) is 0 Å². The van der Waals surface area contributed by atoms with Crippen LogP contribution in [-0.4, -0.2) is 77.8 Å². The second-order valence-electron chi connectivity index (χ2n) is 8.12. The Balaban J connectivity index is 1.36. The van der Waals surface area contributed by atoms with Crippen LogP contribution in [0.4, 0.5) is 0 Å². The third-order valence-corrected chi connectivity index (χ3v) is 5.96. The molecule has 9 heteroatoms. The summed E-state index contributed by atoms with van der Waals surface area (Å²) < 4.78 is 4.99. The van der Waals surface area contributed by atoms with Gasteiger partial charge in [0.1, 0.15) is 5.69 Å². The predicted octanol–water partition coefficient (Wildman–Crippen LogP) is 1.75. The average molecular weight is 450 g/mol. The van der Waals surface area contributed by atoms with E-state index in [0.29, 0.717) is 55.8 Å². The van der Waals surface area contributed by atoms with Crippen molar-refractivity contribution in [1.82, 2.24) is 20.1 Å². The summed E-state index contributed by atoms with van der Waals surface area (Å²) in [7, 11) is 1.57. The van der Waals surface area contributed by atoms with E-state index in [-0.39, 0.29) is 41.8 Å². The molecule has 1 saturated heterocycles. The highest BCUT2D eigenvalue weighted by Crippen LogP contribution is 2.25. The molecule has 0 radical (unpaired) electrons. The zero-order valence-corrected chi connectivity index (χ0v) is 18.5. The molecule has 2 aromatic rings. The number of benzene rings is 1. The van der Waals surface area contributed by atoms with Crippen LogP contribution < -0.4 is 5.32 Å². The van der Waals surface area contributed by atoms with Gasteiger partial charge in [-0.1, -0.05) is 6.07 Å². The van der Waals surface area contributed by atoms with Gasteiger partial charge < -0.3 is 15.0 Å². The number of methoxy groups -OCH3 is 1. The summed E-state index contributed by atoms with van der Waals surface area (Å²) in [5.74, 6) is -1.13. The zero-order valence-electron chi connectivity index (χ0n) is 18.5. The van der Waals surface area contributed by atoms with Crippen molar-refractivity contribution < 1.29 is 23.9 Å². The van der Waals surface area contributed by atoms with E-state index in [1.54, 1.807) is 48.5 Å². The first-order valence-electron chi connectivity index (χ1n) is 11.0. The number of rotatable bonds is 7. The Kier molecular flexibility index (Phi) is 6.79. The highest BCUT2D eigenvalue weighted by molar-refractivity contribution is 6.22.